The van der Waals surface area contributed by atoms with Gasteiger partial charge in [-0.15, -0.1) is 0 Å². The van der Waals surface area contributed by atoms with Gasteiger partial charge >= 0.3 is 0 Å². The van der Waals surface area contributed by atoms with Crippen LogP contribution >= 0.6 is 0 Å². The summed E-state index contributed by atoms with van der Waals surface area (Å²) in [6.07, 6.45) is 9.43. The lowest BCUT2D eigenvalue weighted by molar-refractivity contribution is 0.474. The first-order chi connectivity index (χ1) is 17.3. The van der Waals surface area contributed by atoms with Crippen molar-refractivity contribution in [3.8, 4) is 0 Å². The summed E-state index contributed by atoms with van der Waals surface area (Å²) < 4.78 is 0. The topological polar surface area (TPSA) is 24.4 Å². The van der Waals surface area contributed by atoms with E-state index < -0.39 is 0 Å². The smallest absolute Gasteiger partial charge is 0.0461 e. The highest BCUT2D eigenvalue weighted by Gasteiger charge is 2.03. The molecule has 0 aliphatic heterocycles. The maximum Gasteiger partial charge on any atom is 0.0461 e. The highest BCUT2D eigenvalue weighted by atomic mass is 14.9. The van der Waals surface area contributed by atoms with Crippen LogP contribution in [-0.2, 0) is 6.42 Å². The molecule has 1 N–H and O–H groups in total. The molecule has 1 atom stereocenters. The van der Waals surface area contributed by atoms with Gasteiger partial charge in [0.25, 0.3) is 0 Å². The normalized spacial score (nSPS) is 12.6. The summed E-state index contributed by atoms with van der Waals surface area (Å²) in [5.41, 5.74) is 7.18. The fourth-order valence-electron chi connectivity index (χ4n) is 4.33. The van der Waals surface area contributed by atoms with Crippen molar-refractivity contribution in [1.82, 2.24) is 0 Å². The Morgan fingerprint density at radius 3 is 2.33 bits per heavy atom. The largest absolute Gasteiger partial charge is 0.359 e. The van der Waals surface area contributed by atoms with Crippen molar-refractivity contribution in [1.29, 1.82) is 0 Å². The molecule has 3 rings (SSSR count). The molecular formula is C34H46N2. The fraction of sp³-hybridized carbons (Fsp3) is 0.382. The molecule has 0 saturated carbocycles. The third-order valence-electron chi connectivity index (χ3n) is 6.33. The average Bonchev–Trinajstić information content (AvgIpc) is 2.85. The highest BCUT2D eigenvalue weighted by Crippen LogP contribution is 2.23. The van der Waals surface area contributed by atoms with Gasteiger partial charge in [-0.05, 0) is 63.5 Å². The number of allylic oxidation sites excluding steroid dienone is 3. The Bertz CT molecular complexity index is 1130. The van der Waals surface area contributed by atoms with E-state index in [0.717, 1.165) is 30.1 Å². The van der Waals surface area contributed by atoms with E-state index in [-0.39, 0.29) is 0 Å². The molecule has 192 valence electrons. The summed E-state index contributed by atoms with van der Waals surface area (Å²) in [7, 11) is 0. The number of benzene rings is 3. The third-order valence-corrected chi connectivity index (χ3v) is 6.33. The van der Waals surface area contributed by atoms with Crippen LogP contribution in [0, 0.1) is 12.8 Å². The Labute approximate surface area is 220 Å². The zero-order valence-corrected chi connectivity index (χ0v) is 23.4. The Hall–Kier alpha value is -3.13. The van der Waals surface area contributed by atoms with Crippen LogP contribution in [0.1, 0.15) is 77.8 Å². The number of rotatable bonds is 11. The van der Waals surface area contributed by atoms with Crippen molar-refractivity contribution in [2.75, 3.05) is 5.32 Å². The number of nitrogens with one attached hydrogen (secondary N) is 1. The minimum absolute atomic E-state index is 0.853. The van der Waals surface area contributed by atoms with Crippen LogP contribution in [0.4, 0.5) is 5.69 Å². The molecule has 0 aliphatic rings. The van der Waals surface area contributed by atoms with E-state index in [1.807, 2.05) is 25.1 Å². The van der Waals surface area contributed by atoms with Crippen molar-refractivity contribution in [2.45, 2.75) is 80.1 Å². The van der Waals surface area contributed by atoms with Gasteiger partial charge in [0, 0.05) is 34.6 Å². The number of aryl methyl sites for hydroxylation is 1. The minimum Gasteiger partial charge on any atom is -0.359 e. The van der Waals surface area contributed by atoms with E-state index in [1.54, 1.807) is 0 Å². The molecule has 0 radical (unpaired) electrons. The Morgan fingerprint density at radius 2 is 1.67 bits per heavy atom. The predicted octanol–water partition coefficient (Wildman–Crippen LogP) is 10.3. The lowest BCUT2D eigenvalue weighted by Gasteiger charge is -2.10. The second-order valence-corrected chi connectivity index (χ2v) is 10.0. The molecule has 0 heterocycles. The number of fused-ring (bicyclic) bond motifs is 1. The molecule has 0 bridgehead atoms. The highest BCUT2D eigenvalue weighted by molar-refractivity contribution is 5.94. The molecule has 0 aromatic heterocycles. The van der Waals surface area contributed by atoms with E-state index in [9.17, 15) is 0 Å². The Balaban J connectivity index is 0.000000278. The zero-order valence-electron chi connectivity index (χ0n) is 23.4. The fourth-order valence-corrected chi connectivity index (χ4v) is 4.33. The quantitative estimate of drug-likeness (QED) is 0.270. The van der Waals surface area contributed by atoms with Crippen molar-refractivity contribution in [3.63, 3.8) is 0 Å². The maximum atomic E-state index is 4.83. The molecule has 0 aliphatic carbocycles. The van der Waals surface area contributed by atoms with Crippen molar-refractivity contribution in [3.05, 3.63) is 102 Å². The third kappa shape index (κ3) is 10.6. The van der Waals surface area contributed by atoms with Crippen LogP contribution in [0.5, 0.6) is 0 Å². The van der Waals surface area contributed by atoms with E-state index in [1.165, 1.54) is 59.0 Å². The molecule has 0 amide bonds. The lowest BCUT2D eigenvalue weighted by Crippen LogP contribution is -1.99. The summed E-state index contributed by atoms with van der Waals surface area (Å²) in [5.74, 6) is 0.853. The molecular weight excluding hydrogens is 436 g/mol. The van der Waals surface area contributed by atoms with Crippen LogP contribution < -0.4 is 5.32 Å². The van der Waals surface area contributed by atoms with Gasteiger partial charge in [-0.25, -0.2) is 0 Å². The molecule has 2 heteroatoms. The summed E-state index contributed by atoms with van der Waals surface area (Å²) in [6, 6.07) is 23.3. The van der Waals surface area contributed by atoms with Gasteiger partial charge in [0.2, 0.25) is 0 Å². The molecule has 3 aromatic rings. The zero-order chi connectivity index (χ0) is 26.3. The lowest BCUT2D eigenvalue weighted by atomic mass is 9.98. The SMILES string of the molecule is C/C=C(/Cc1ccc(C)cc1)N=C(C)CCCC(C)CCC.C=C(C)Nc1cccc2ccccc12. The van der Waals surface area contributed by atoms with E-state index >= 15 is 0 Å². The summed E-state index contributed by atoms with van der Waals surface area (Å²) in [5, 5.41) is 5.74. The summed E-state index contributed by atoms with van der Waals surface area (Å²) in [4.78, 5) is 4.83. The van der Waals surface area contributed by atoms with Gasteiger partial charge in [-0.2, -0.15) is 0 Å². The number of nitrogens with zero attached hydrogens (tertiary/aromatic N) is 1. The van der Waals surface area contributed by atoms with E-state index in [4.69, 9.17) is 4.99 Å². The van der Waals surface area contributed by atoms with Gasteiger partial charge in [-0.3, -0.25) is 4.99 Å². The molecule has 0 spiro atoms. The molecule has 3 aromatic carbocycles. The first-order valence-electron chi connectivity index (χ1n) is 13.5. The number of anilines is 1. The molecule has 2 nitrogen and oxygen atoms in total. The van der Waals surface area contributed by atoms with Crippen LogP contribution in [0.25, 0.3) is 10.8 Å². The van der Waals surface area contributed by atoms with Crippen molar-refractivity contribution >= 4 is 22.2 Å². The number of hydrogen-bond acceptors (Lipinski definition) is 2. The Morgan fingerprint density at radius 1 is 0.972 bits per heavy atom. The van der Waals surface area contributed by atoms with Gasteiger partial charge in [0.05, 0.1) is 0 Å². The van der Waals surface area contributed by atoms with Crippen LogP contribution in [0.15, 0.2) is 95.8 Å². The minimum atomic E-state index is 0.853. The van der Waals surface area contributed by atoms with Crippen molar-refractivity contribution in [2.24, 2.45) is 10.9 Å². The predicted molar refractivity (Wildman–Crippen MR) is 162 cm³/mol. The number of hydrogen-bond donors (Lipinski definition) is 1. The maximum absolute atomic E-state index is 4.83. The standard InChI is InChI=1S/C21H33N.C13H13N/c1-6-9-17(3)10-8-11-19(5)22-21(7-2)16-20-14-12-18(4)13-15-20;1-10(2)14-13-9-5-7-11-6-3-4-8-12(11)13/h7,12-15,17H,6,8-11,16H2,1-5H3;3-9,14H,1H2,2H3/b21-7-,22-19?;. The van der Waals surface area contributed by atoms with E-state index in [0.29, 0.717) is 0 Å². The van der Waals surface area contributed by atoms with Crippen LogP contribution in [-0.4, -0.2) is 5.71 Å². The first kappa shape index (κ1) is 29.1. The van der Waals surface area contributed by atoms with Crippen molar-refractivity contribution < 1.29 is 0 Å². The second-order valence-electron chi connectivity index (χ2n) is 10.0. The molecule has 0 fully saturated rings. The van der Waals surface area contributed by atoms with E-state index in [2.05, 4.69) is 101 Å². The summed E-state index contributed by atoms with van der Waals surface area (Å²) >= 11 is 0. The second kappa shape index (κ2) is 15.8. The number of aliphatic imine (C=N–C) groups is 1. The molecule has 1 unspecified atom stereocenters. The average molecular weight is 483 g/mol. The van der Waals surface area contributed by atoms with Gasteiger partial charge in [-0.1, -0.05) is 112 Å². The monoisotopic (exact) mass is 482 g/mol. The van der Waals surface area contributed by atoms with Gasteiger partial charge in [0.1, 0.15) is 0 Å². The first-order valence-corrected chi connectivity index (χ1v) is 13.5. The summed E-state index contributed by atoms with van der Waals surface area (Å²) in [6.45, 7) is 16.8. The van der Waals surface area contributed by atoms with Gasteiger partial charge in [0.15, 0.2) is 0 Å². The molecule has 36 heavy (non-hydrogen) atoms. The van der Waals surface area contributed by atoms with Crippen LogP contribution in [0.3, 0.4) is 0 Å². The molecule has 0 saturated heterocycles. The van der Waals surface area contributed by atoms with Crippen LogP contribution in [0.2, 0.25) is 0 Å². The van der Waals surface area contributed by atoms with Gasteiger partial charge < -0.3 is 5.32 Å². The Kier molecular flexibility index (Phi) is 12.8.